The Morgan fingerprint density at radius 2 is 1.59 bits per heavy atom. The number of piperazine rings is 1. The summed E-state index contributed by atoms with van der Waals surface area (Å²) >= 11 is 0. The van der Waals surface area contributed by atoms with E-state index < -0.39 is 11.2 Å². The molecule has 0 bridgehead atoms. The maximum absolute atomic E-state index is 13.1. The first kappa shape index (κ1) is 17.2. The van der Waals surface area contributed by atoms with Gasteiger partial charge in [0.15, 0.2) is 0 Å². The van der Waals surface area contributed by atoms with Crippen molar-refractivity contribution < 1.29 is 4.79 Å². The molecule has 0 spiro atoms. The summed E-state index contributed by atoms with van der Waals surface area (Å²) in [5, 5.41) is 0.402. The lowest BCUT2D eigenvalue weighted by Crippen LogP contribution is -2.47. The molecule has 0 saturated carbocycles. The molecule has 1 fully saturated rings. The van der Waals surface area contributed by atoms with E-state index in [2.05, 4.69) is 9.88 Å². The van der Waals surface area contributed by atoms with E-state index in [1.54, 1.807) is 53.4 Å². The number of carbonyl (C=O) groups is 1. The minimum Gasteiger partial charge on any atom is -0.336 e. The number of amides is 1. The van der Waals surface area contributed by atoms with Crippen LogP contribution in [0.5, 0.6) is 0 Å². The Morgan fingerprint density at radius 3 is 2.37 bits per heavy atom. The van der Waals surface area contributed by atoms with Crippen LogP contribution < -0.4 is 11.2 Å². The molecule has 7 heteroatoms. The summed E-state index contributed by atoms with van der Waals surface area (Å²) in [4.78, 5) is 45.3. The third kappa shape index (κ3) is 3.06. The molecule has 0 aliphatic carbocycles. The molecular weight excluding hydrogens is 344 g/mol. The van der Waals surface area contributed by atoms with Gasteiger partial charge in [0, 0.05) is 26.2 Å². The van der Waals surface area contributed by atoms with E-state index in [1.807, 2.05) is 7.05 Å². The second-order valence-electron chi connectivity index (χ2n) is 6.73. The third-order valence-electron chi connectivity index (χ3n) is 4.97. The van der Waals surface area contributed by atoms with Gasteiger partial charge in [-0.05, 0) is 31.3 Å². The van der Waals surface area contributed by atoms with Gasteiger partial charge in [-0.3, -0.25) is 9.59 Å². The van der Waals surface area contributed by atoms with Crippen molar-refractivity contribution in [2.24, 2.45) is 0 Å². The fourth-order valence-corrected chi connectivity index (χ4v) is 3.41. The van der Waals surface area contributed by atoms with Crippen LogP contribution in [0.1, 0.15) is 10.4 Å². The number of hydrogen-bond donors (Lipinski definition) is 1. The molecule has 1 aliphatic heterocycles. The Labute approximate surface area is 155 Å². The van der Waals surface area contributed by atoms with Gasteiger partial charge in [0.2, 0.25) is 0 Å². The Morgan fingerprint density at radius 1 is 0.926 bits per heavy atom. The van der Waals surface area contributed by atoms with Crippen molar-refractivity contribution in [1.82, 2.24) is 19.4 Å². The number of nitrogens with one attached hydrogen (secondary N) is 1. The SMILES string of the molecule is CN1CCN(C(=O)c2ccccc2-n2c(=O)[nH]c3ccccc3c2=O)CC1. The lowest BCUT2D eigenvalue weighted by Gasteiger charge is -2.32. The second kappa shape index (κ2) is 6.85. The van der Waals surface area contributed by atoms with Crippen molar-refractivity contribution in [2.75, 3.05) is 33.2 Å². The summed E-state index contributed by atoms with van der Waals surface area (Å²) in [5.41, 5.74) is 0.139. The van der Waals surface area contributed by atoms with E-state index >= 15 is 0 Å². The monoisotopic (exact) mass is 364 g/mol. The zero-order valence-electron chi connectivity index (χ0n) is 15.0. The van der Waals surface area contributed by atoms with Gasteiger partial charge >= 0.3 is 5.69 Å². The highest BCUT2D eigenvalue weighted by atomic mass is 16.2. The molecular formula is C20H20N4O3. The lowest BCUT2D eigenvalue weighted by atomic mass is 10.1. The Balaban J connectivity index is 1.85. The van der Waals surface area contributed by atoms with Gasteiger partial charge in [0.05, 0.1) is 22.2 Å². The standard InChI is InChI=1S/C20H20N4O3/c1-22-10-12-23(13-11-22)18(25)15-7-3-5-9-17(15)24-19(26)14-6-2-4-8-16(14)21-20(24)27/h2-9H,10-13H2,1H3,(H,21,27). The van der Waals surface area contributed by atoms with Crippen LogP contribution in [0, 0.1) is 0 Å². The van der Waals surface area contributed by atoms with Gasteiger partial charge in [0.1, 0.15) is 0 Å². The van der Waals surface area contributed by atoms with E-state index in [-0.39, 0.29) is 5.91 Å². The summed E-state index contributed by atoms with van der Waals surface area (Å²) < 4.78 is 1.05. The number of hydrogen-bond acceptors (Lipinski definition) is 4. The Hall–Kier alpha value is -3.19. The number of rotatable bonds is 2. The second-order valence-corrected chi connectivity index (χ2v) is 6.73. The van der Waals surface area contributed by atoms with Crippen molar-refractivity contribution >= 4 is 16.8 Å². The van der Waals surface area contributed by atoms with Gasteiger partial charge in [0.25, 0.3) is 11.5 Å². The van der Waals surface area contributed by atoms with Crippen LogP contribution in [0.25, 0.3) is 16.6 Å². The average molecular weight is 364 g/mol. The fourth-order valence-electron chi connectivity index (χ4n) is 3.41. The predicted molar refractivity (Wildman–Crippen MR) is 104 cm³/mol. The summed E-state index contributed by atoms with van der Waals surface area (Å²) in [5.74, 6) is -0.168. The average Bonchev–Trinajstić information content (AvgIpc) is 2.68. The molecule has 1 N–H and O–H groups in total. The summed E-state index contributed by atoms with van der Waals surface area (Å²) in [6.45, 7) is 2.83. The number of aromatic nitrogens is 2. The smallest absolute Gasteiger partial charge is 0.333 e. The molecule has 1 aromatic heterocycles. The molecule has 1 aliphatic rings. The lowest BCUT2D eigenvalue weighted by molar-refractivity contribution is 0.0664. The molecule has 0 radical (unpaired) electrons. The topological polar surface area (TPSA) is 78.4 Å². The number of fused-ring (bicyclic) bond motifs is 1. The number of likely N-dealkylation sites (N-methyl/N-ethyl adjacent to an activating group) is 1. The molecule has 3 aromatic rings. The molecule has 27 heavy (non-hydrogen) atoms. The number of nitrogens with zero attached hydrogens (tertiary/aromatic N) is 3. The highest BCUT2D eigenvalue weighted by Gasteiger charge is 2.24. The first-order chi connectivity index (χ1) is 13.1. The first-order valence-corrected chi connectivity index (χ1v) is 8.87. The summed E-state index contributed by atoms with van der Waals surface area (Å²) in [6.07, 6.45) is 0. The zero-order valence-corrected chi connectivity index (χ0v) is 15.0. The Kier molecular flexibility index (Phi) is 4.37. The molecule has 1 saturated heterocycles. The molecule has 1 amide bonds. The van der Waals surface area contributed by atoms with Crippen LogP contribution in [-0.2, 0) is 0 Å². The maximum Gasteiger partial charge on any atom is 0.333 e. The minimum atomic E-state index is -0.558. The van der Waals surface area contributed by atoms with E-state index in [4.69, 9.17) is 0 Å². The first-order valence-electron chi connectivity index (χ1n) is 8.87. The van der Waals surface area contributed by atoms with E-state index in [9.17, 15) is 14.4 Å². The summed E-state index contributed by atoms with van der Waals surface area (Å²) in [6, 6.07) is 13.6. The maximum atomic E-state index is 13.1. The highest BCUT2D eigenvalue weighted by Crippen LogP contribution is 2.16. The minimum absolute atomic E-state index is 0.168. The van der Waals surface area contributed by atoms with Gasteiger partial charge < -0.3 is 14.8 Å². The summed E-state index contributed by atoms with van der Waals surface area (Å²) in [7, 11) is 2.02. The van der Waals surface area contributed by atoms with Crippen molar-refractivity contribution in [3.05, 3.63) is 74.9 Å². The van der Waals surface area contributed by atoms with Crippen LogP contribution in [0.3, 0.4) is 0 Å². The van der Waals surface area contributed by atoms with Crippen molar-refractivity contribution in [2.45, 2.75) is 0 Å². The number of benzene rings is 2. The van der Waals surface area contributed by atoms with Crippen LogP contribution in [0.15, 0.2) is 58.1 Å². The quantitative estimate of drug-likeness (QED) is 0.738. The molecule has 2 aromatic carbocycles. The molecule has 138 valence electrons. The van der Waals surface area contributed by atoms with E-state index in [0.29, 0.717) is 35.2 Å². The predicted octanol–water partition coefficient (Wildman–Crippen LogP) is 1.07. The van der Waals surface area contributed by atoms with Gasteiger partial charge in [-0.1, -0.05) is 24.3 Å². The number of aromatic amines is 1. The number of carbonyl (C=O) groups excluding carboxylic acids is 1. The number of H-pyrrole nitrogens is 1. The highest BCUT2D eigenvalue weighted by molar-refractivity contribution is 5.98. The van der Waals surface area contributed by atoms with E-state index in [1.165, 1.54) is 0 Å². The van der Waals surface area contributed by atoms with Gasteiger partial charge in [-0.2, -0.15) is 0 Å². The van der Waals surface area contributed by atoms with Gasteiger partial charge in [-0.15, -0.1) is 0 Å². The van der Waals surface area contributed by atoms with Crippen LogP contribution in [0.2, 0.25) is 0 Å². The largest absolute Gasteiger partial charge is 0.336 e. The van der Waals surface area contributed by atoms with Crippen LogP contribution >= 0.6 is 0 Å². The fraction of sp³-hybridized carbons (Fsp3) is 0.250. The van der Waals surface area contributed by atoms with Crippen molar-refractivity contribution in [3.63, 3.8) is 0 Å². The molecule has 0 unspecified atom stereocenters. The Bertz CT molecular complexity index is 1120. The van der Waals surface area contributed by atoms with E-state index in [0.717, 1.165) is 17.7 Å². The van der Waals surface area contributed by atoms with Crippen molar-refractivity contribution in [3.8, 4) is 5.69 Å². The van der Waals surface area contributed by atoms with Gasteiger partial charge in [-0.25, -0.2) is 9.36 Å². The third-order valence-corrected chi connectivity index (χ3v) is 4.97. The molecule has 4 rings (SSSR count). The van der Waals surface area contributed by atoms with Crippen LogP contribution in [-0.4, -0.2) is 58.5 Å². The number of para-hydroxylation sites is 2. The molecule has 0 atom stereocenters. The van der Waals surface area contributed by atoms with Crippen molar-refractivity contribution in [1.29, 1.82) is 0 Å². The molecule has 7 nitrogen and oxygen atoms in total. The molecule has 2 heterocycles. The zero-order chi connectivity index (χ0) is 19.0. The van der Waals surface area contributed by atoms with Crippen LogP contribution in [0.4, 0.5) is 0 Å². The normalized spacial score (nSPS) is 15.2.